The first-order valence-electron chi connectivity index (χ1n) is 4.80. The fraction of sp³-hybridized carbons (Fsp3) is 0.0833. The van der Waals surface area contributed by atoms with Gasteiger partial charge in [-0.25, -0.2) is 4.39 Å². The van der Waals surface area contributed by atoms with Gasteiger partial charge in [0.15, 0.2) is 5.78 Å². The number of hydrogen-bond acceptors (Lipinski definition) is 3. The van der Waals surface area contributed by atoms with E-state index in [2.05, 4.69) is 10.2 Å². The normalized spacial score (nSPS) is 10.1. The van der Waals surface area contributed by atoms with Crippen molar-refractivity contribution in [1.82, 2.24) is 10.2 Å². The van der Waals surface area contributed by atoms with Crippen molar-refractivity contribution in [3.63, 3.8) is 0 Å². The molecule has 3 nitrogen and oxygen atoms in total. The van der Waals surface area contributed by atoms with E-state index in [0.717, 1.165) is 0 Å². The van der Waals surface area contributed by atoms with Crippen molar-refractivity contribution in [2.24, 2.45) is 0 Å². The number of rotatable bonds is 3. The first kappa shape index (κ1) is 10.4. The molecular formula is C12H9FN2O. The van der Waals surface area contributed by atoms with Crippen LogP contribution in [0, 0.1) is 5.82 Å². The van der Waals surface area contributed by atoms with E-state index in [1.54, 1.807) is 24.3 Å². The molecule has 0 unspecified atom stereocenters. The summed E-state index contributed by atoms with van der Waals surface area (Å²) in [6.45, 7) is 0. The van der Waals surface area contributed by atoms with Crippen LogP contribution < -0.4 is 0 Å². The van der Waals surface area contributed by atoms with Gasteiger partial charge in [0.2, 0.25) is 0 Å². The number of nitrogens with zero attached hydrogens (tertiary/aromatic N) is 2. The van der Waals surface area contributed by atoms with Crippen LogP contribution >= 0.6 is 0 Å². The van der Waals surface area contributed by atoms with Gasteiger partial charge >= 0.3 is 0 Å². The molecule has 1 heterocycles. The van der Waals surface area contributed by atoms with Gasteiger partial charge in [-0.3, -0.25) is 4.79 Å². The second-order valence-corrected chi connectivity index (χ2v) is 3.32. The van der Waals surface area contributed by atoms with Crippen molar-refractivity contribution in [2.45, 2.75) is 6.42 Å². The zero-order valence-electron chi connectivity index (χ0n) is 8.43. The lowest BCUT2D eigenvalue weighted by Gasteiger charge is -2.01. The molecule has 16 heavy (non-hydrogen) atoms. The Kier molecular flexibility index (Phi) is 3.00. The molecule has 0 radical (unpaired) electrons. The molecule has 0 N–H and O–H groups in total. The largest absolute Gasteiger partial charge is 0.294 e. The van der Waals surface area contributed by atoms with Crippen LogP contribution in [0.25, 0.3) is 0 Å². The molecule has 0 spiro atoms. The summed E-state index contributed by atoms with van der Waals surface area (Å²) in [5, 5.41) is 7.18. The molecule has 80 valence electrons. The molecule has 2 aromatic rings. The number of ketones is 1. The zero-order chi connectivity index (χ0) is 11.4. The highest BCUT2D eigenvalue weighted by Gasteiger charge is 2.09. The van der Waals surface area contributed by atoms with Crippen molar-refractivity contribution in [3.8, 4) is 0 Å². The van der Waals surface area contributed by atoms with Gasteiger partial charge in [-0.05, 0) is 17.7 Å². The maximum Gasteiger partial charge on any atom is 0.169 e. The van der Waals surface area contributed by atoms with Crippen LogP contribution in [0.2, 0.25) is 0 Å². The molecule has 2 rings (SSSR count). The highest BCUT2D eigenvalue weighted by Crippen LogP contribution is 2.10. The minimum Gasteiger partial charge on any atom is -0.294 e. The molecule has 0 bridgehead atoms. The van der Waals surface area contributed by atoms with Crippen molar-refractivity contribution in [3.05, 3.63) is 59.7 Å². The number of hydrogen-bond donors (Lipinski definition) is 0. The van der Waals surface area contributed by atoms with E-state index < -0.39 is 0 Å². The minimum absolute atomic E-state index is 0.0400. The van der Waals surface area contributed by atoms with Gasteiger partial charge in [-0.2, -0.15) is 10.2 Å². The quantitative estimate of drug-likeness (QED) is 0.737. The van der Waals surface area contributed by atoms with Crippen molar-refractivity contribution >= 4 is 5.78 Å². The Balaban J connectivity index is 2.18. The average Bonchev–Trinajstić information content (AvgIpc) is 2.33. The predicted octanol–water partition coefficient (Wildman–Crippen LogP) is 2.04. The van der Waals surface area contributed by atoms with Crippen LogP contribution in [0.1, 0.15) is 15.9 Å². The van der Waals surface area contributed by atoms with E-state index in [1.807, 2.05) is 0 Å². The molecular weight excluding hydrogens is 207 g/mol. The van der Waals surface area contributed by atoms with Crippen LogP contribution in [0.5, 0.6) is 0 Å². The second kappa shape index (κ2) is 4.61. The molecule has 0 amide bonds. The third-order valence-corrected chi connectivity index (χ3v) is 2.22. The molecule has 0 aliphatic heterocycles. The zero-order valence-corrected chi connectivity index (χ0v) is 8.43. The molecule has 4 heteroatoms. The Morgan fingerprint density at radius 3 is 2.69 bits per heavy atom. The molecule has 0 saturated carbocycles. The maximum atomic E-state index is 13.3. The Morgan fingerprint density at radius 2 is 2.00 bits per heavy atom. The molecule has 0 aliphatic carbocycles. The highest BCUT2D eigenvalue weighted by molar-refractivity contribution is 5.97. The van der Waals surface area contributed by atoms with Gasteiger partial charge in [0, 0.05) is 12.0 Å². The summed E-state index contributed by atoms with van der Waals surface area (Å²) in [6.07, 6.45) is 2.86. The predicted molar refractivity (Wildman–Crippen MR) is 56.5 cm³/mol. The van der Waals surface area contributed by atoms with Crippen LogP contribution in [-0.4, -0.2) is 16.0 Å². The summed E-state index contributed by atoms with van der Waals surface area (Å²) < 4.78 is 13.3. The van der Waals surface area contributed by atoms with E-state index in [4.69, 9.17) is 0 Å². The Labute approximate surface area is 92.0 Å². The summed E-state index contributed by atoms with van der Waals surface area (Å²) in [5.41, 5.74) is 0.836. The fourth-order valence-electron chi connectivity index (χ4n) is 1.37. The van der Waals surface area contributed by atoms with Crippen molar-refractivity contribution in [1.29, 1.82) is 0 Å². The monoisotopic (exact) mass is 216 g/mol. The first-order valence-corrected chi connectivity index (χ1v) is 4.80. The Morgan fingerprint density at radius 1 is 1.19 bits per heavy atom. The minimum atomic E-state index is -0.363. The lowest BCUT2D eigenvalue weighted by atomic mass is 10.0. The smallest absolute Gasteiger partial charge is 0.169 e. The van der Waals surface area contributed by atoms with Gasteiger partial charge in [0.05, 0.1) is 12.4 Å². The molecule has 0 atom stereocenters. The van der Waals surface area contributed by atoms with E-state index in [1.165, 1.54) is 18.5 Å². The second-order valence-electron chi connectivity index (χ2n) is 3.32. The maximum absolute atomic E-state index is 13.3. The van der Waals surface area contributed by atoms with Crippen LogP contribution in [0.15, 0.2) is 42.7 Å². The van der Waals surface area contributed by atoms with E-state index in [0.29, 0.717) is 11.1 Å². The molecule has 1 aromatic carbocycles. The number of aromatic nitrogens is 2. The summed E-state index contributed by atoms with van der Waals surface area (Å²) in [4.78, 5) is 11.7. The third-order valence-electron chi connectivity index (χ3n) is 2.22. The first-order chi connectivity index (χ1) is 7.77. The molecule has 0 saturated heterocycles. The topological polar surface area (TPSA) is 42.9 Å². The summed E-state index contributed by atoms with van der Waals surface area (Å²) in [5.74, 6) is -0.530. The lowest BCUT2D eigenvalue weighted by Crippen LogP contribution is -2.05. The number of halogens is 1. The van der Waals surface area contributed by atoms with E-state index in [-0.39, 0.29) is 18.0 Å². The van der Waals surface area contributed by atoms with Crippen LogP contribution in [0.3, 0.4) is 0 Å². The highest BCUT2D eigenvalue weighted by atomic mass is 19.1. The standard InChI is InChI=1S/C12H9FN2O/c13-11-4-2-1-3-9(11)7-12(16)10-5-6-14-15-8-10/h1-6,8H,7H2. The van der Waals surface area contributed by atoms with E-state index in [9.17, 15) is 9.18 Å². The molecule has 0 aliphatic rings. The summed E-state index contributed by atoms with van der Waals surface area (Å²) >= 11 is 0. The lowest BCUT2D eigenvalue weighted by molar-refractivity contribution is 0.0991. The van der Waals surface area contributed by atoms with Gasteiger partial charge in [0.25, 0.3) is 0 Å². The number of carbonyl (C=O) groups excluding carboxylic acids is 1. The number of Topliss-reactive ketones (excluding diaryl/α,β-unsaturated/α-hetero) is 1. The van der Waals surface area contributed by atoms with E-state index >= 15 is 0 Å². The Hall–Kier alpha value is -2.10. The SMILES string of the molecule is O=C(Cc1ccccc1F)c1ccnnc1. The van der Waals surface area contributed by atoms with Gasteiger partial charge in [-0.1, -0.05) is 18.2 Å². The van der Waals surface area contributed by atoms with Gasteiger partial charge in [0.1, 0.15) is 5.82 Å². The fourth-order valence-corrected chi connectivity index (χ4v) is 1.37. The molecule has 1 aromatic heterocycles. The van der Waals surface area contributed by atoms with Crippen LogP contribution in [0.4, 0.5) is 4.39 Å². The Bertz CT molecular complexity index is 499. The average molecular weight is 216 g/mol. The van der Waals surface area contributed by atoms with Crippen molar-refractivity contribution < 1.29 is 9.18 Å². The van der Waals surface area contributed by atoms with Crippen LogP contribution in [-0.2, 0) is 6.42 Å². The summed E-state index contributed by atoms with van der Waals surface area (Å²) in [6, 6.07) is 7.80. The van der Waals surface area contributed by atoms with Gasteiger partial charge < -0.3 is 0 Å². The van der Waals surface area contributed by atoms with Crippen molar-refractivity contribution in [2.75, 3.05) is 0 Å². The number of benzene rings is 1. The van der Waals surface area contributed by atoms with Gasteiger partial charge in [-0.15, -0.1) is 0 Å². The third kappa shape index (κ3) is 2.28. The molecule has 0 fully saturated rings. The number of carbonyl (C=O) groups is 1. The summed E-state index contributed by atoms with van der Waals surface area (Å²) in [7, 11) is 0.